The third-order valence-electron chi connectivity index (χ3n) is 3.75. The molecule has 0 unspecified atom stereocenters. The average molecular weight is 256 g/mol. The van der Waals surface area contributed by atoms with Gasteiger partial charge in [-0.15, -0.1) is 0 Å². The monoisotopic (exact) mass is 256 g/mol. The molecule has 2 aliphatic rings. The highest BCUT2D eigenvalue weighted by Crippen LogP contribution is 2.28. The lowest BCUT2D eigenvalue weighted by atomic mass is 9.94. The van der Waals surface area contributed by atoms with Crippen molar-refractivity contribution in [2.24, 2.45) is 0 Å². The second-order valence-electron chi connectivity index (χ2n) is 5.10. The predicted octanol–water partition coefficient (Wildman–Crippen LogP) is 1.92. The molecule has 1 amide bonds. The third kappa shape index (κ3) is 3.88. The summed E-state index contributed by atoms with van der Waals surface area (Å²) >= 11 is 2.05. The molecule has 4 heteroatoms. The first-order chi connectivity index (χ1) is 8.29. The normalized spacial score (nSPS) is 33.6. The maximum Gasteiger partial charge on any atom is 0.237 e. The summed E-state index contributed by atoms with van der Waals surface area (Å²) in [6.07, 6.45) is 7.06. The zero-order chi connectivity index (χ0) is 12.1. The zero-order valence-corrected chi connectivity index (χ0v) is 11.5. The van der Waals surface area contributed by atoms with Gasteiger partial charge in [-0.1, -0.05) is 13.3 Å². The minimum absolute atomic E-state index is 0.0780. The Morgan fingerprint density at radius 2 is 2.24 bits per heavy atom. The number of thioether (sulfide) groups is 1. The van der Waals surface area contributed by atoms with E-state index in [1.807, 2.05) is 11.8 Å². The molecule has 0 aromatic rings. The van der Waals surface area contributed by atoms with Crippen LogP contribution in [0.1, 0.15) is 45.4 Å². The Labute approximate surface area is 108 Å². The second-order valence-corrected chi connectivity index (χ2v) is 6.68. The first kappa shape index (κ1) is 13.2. The third-order valence-corrected chi connectivity index (χ3v) is 4.98. The number of carbonyl (C=O) groups is 1. The van der Waals surface area contributed by atoms with E-state index in [-0.39, 0.29) is 11.9 Å². The molecule has 1 aliphatic carbocycles. The molecule has 2 fully saturated rings. The molecule has 17 heavy (non-hydrogen) atoms. The van der Waals surface area contributed by atoms with Crippen molar-refractivity contribution in [1.82, 2.24) is 10.6 Å². The molecule has 2 N–H and O–H groups in total. The van der Waals surface area contributed by atoms with Gasteiger partial charge in [0.2, 0.25) is 5.91 Å². The fraction of sp³-hybridized carbons (Fsp3) is 0.923. The van der Waals surface area contributed by atoms with E-state index in [1.165, 1.54) is 25.0 Å². The smallest absolute Gasteiger partial charge is 0.237 e. The summed E-state index contributed by atoms with van der Waals surface area (Å²) in [6.45, 7) is 3.21. The van der Waals surface area contributed by atoms with E-state index in [9.17, 15) is 4.79 Å². The maximum atomic E-state index is 12.0. The topological polar surface area (TPSA) is 41.1 Å². The van der Waals surface area contributed by atoms with Crippen LogP contribution in [-0.4, -0.2) is 35.5 Å². The average Bonchev–Trinajstić information content (AvgIpc) is 2.83. The van der Waals surface area contributed by atoms with E-state index in [0.717, 1.165) is 31.1 Å². The number of amides is 1. The fourth-order valence-corrected chi connectivity index (χ4v) is 4.05. The number of hydrogen-bond acceptors (Lipinski definition) is 3. The Kier molecular flexibility index (Phi) is 5.16. The van der Waals surface area contributed by atoms with E-state index in [1.54, 1.807) is 0 Å². The summed E-state index contributed by atoms with van der Waals surface area (Å²) in [5, 5.41) is 7.26. The molecule has 3 nitrogen and oxygen atoms in total. The van der Waals surface area contributed by atoms with Crippen LogP contribution in [0.3, 0.4) is 0 Å². The molecule has 0 radical (unpaired) electrons. The van der Waals surface area contributed by atoms with Crippen LogP contribution in [0.15, 0.2) is 0 Å². The van der Waals surface area contributed by atoms with E-state index in [2.05, 4.69) is 17.6 Å². The van der Waals surface area contributed by atoms with Gasteiger partial charge < -0.3 is 10.6 Å². The van der Waals surface area contributed by atoms with E-state index in [4.69, 9.17) is 0 Å². The second kappa shape index (κ2) is 6.64. The number of rotatable bonds is 4. The SMILES string of the molecule is CCS[C@@H]1CCC[C@@H](NC(=O)[C@@H]2CCCN2)C1. The predicted molar refractivity (Wildman–Crippen MR) is 73.3 cm³/mol. The first-order valence-electron chi connectivity index (χ1n) is 6.95. The summed E-state index contributed by atoms with van der Waals surface area (Å²) in [5.41, 5.74) is 0. The lowest BCUT2D eigenvalue weighted by molar-refractivity contribution is -0.123. The summed E-state index contributed by atoms with van der Waals surface area (Å²) < 4.78 is 0. The lowest BCUT2D eigenvalue weighted by Crippen LogP contribution is -2.47. The van der Waals surface area contributed by atoms with Gasteiger partial charge in [-0.2, -0.15) is 11.8 Å². The minimum atomic E-state index is 0.0780. The summed E-state index contributed by atoms with van der Waals surface area (Å²) in [7, 11) is 0. The van der Waals surface area contributed by atoms with Crippen LogP contribution >= 0.6 is 11.8 Å². The molecule has 1 saturated carbocycles. The highest BCUT2D eigenvalue weighted by molar-refractivity contribution is 7.99. The summed E-state index contributed by atoms with van der Waals surface area (Å²) in [6, 6.07) is 0.497. The van der Waals surface area contributed by atoms with Crippen molar-refractivity contribution in [2.45, 2.75) is 62.8 Å². The van der Waals surface area contributed by atoms with Crippen LogP contribution in [0.25, 0.3) is 0 Å². The van der Waals surface area contributed by atoms with Gasteiger partial charge in [0.1, 0.15) is 0 Å². The minimum Gasteiger partial charge on any atom is -0.352 e. The van der Waals surface area contributed by atoms with Gasteiger partial charge in [-0.3, -0.25) is 4.79 Å². The Hall–Kier alpha value is -0.220. The van der Waals surface area contributed by atoms with Crippen molar-refractivity contribution in [3.63, 3.8) is 0 Å². The molecule has 1 aliphatic heterocycles. The van der Waals surface area contributed by atoms with Crippen molar-refractivity contribution in [3.8, 4) is 0 Å². The summed E-state index contributed by atoms with van der Waals surface area (Å²) in [5.74, 6) is 1.42. The Balaban J connectivity index is 1.75. The fourth-order valence-electron chi connectivity index (χ4n) is 2.87. The molecule has 98 valence electrons. The molecular weight excluding hydrogens is 232 g/mol. The van der Waals surface area contributed by atoms with Gasteiger partial charge in [0, 0.05) is 11.3 Å². The standard InChI is InChI=1S/C13H24N2OS/c1-2-17-11-6-3-5-10(9-11)15-13(16)12-7-4-8-14-12/h10-12,14H,2-9H2,1H3,(H,15,16)/t10-,11-,12+/m1/s1. The number of carbonyl (C=O) groups excluding carboxylic acids is 1. The van der Waals surface area contributed by atoms with Gasteiger partial charge in [-0.25, -0.2) is 0 Å². The zero-order valence-electron chi connectivity index (χ0n) is 10.7. The van der Waals surface area contributed by atoms with Gasteiger partial charge in [0.25, 0.3) is 0 Å². The van der Waals surface area contributed by atoms with Crippen molar-refractivity contribution in [2.75, 3.05) is 12.3 Å². The van der Waals surface area contributed by atoms with Crippen LogP contribution in [0.5, 0.6) is 0 Å². The number of nitrogens with one attached hydrogen (secondary N) is 2. The molecule has 3 atom stereocenters. The molecular formula is C13H24N2OS. The van der Waals surface area contributed by atoms with Crippen LogP contribution in [0, 0.1) is 0 Å². The molecule has 0 aromatic heterocycles. The Bertz CT molecular complexity index is 252. The largest absolute Gasteiger partial charge is 0.352 e. The molecule has 0 bridgehead atoms. The van der Waals surface area contributed by atoms with Crippen molar-refractivity contribution in [3.05, 3.63) is 0 Å². The van der Waals surface area contributed by atoms with Gasteiger partial charge in [0.05, 0.1) is 6.04 Å². The quantitative estimate of drug-likeness (QED) is 0.807. The van der Waals surface area contributed by atoms with Gasteiger partial charge >= 0.3 is 0 Å². The van der Waals surface area contributed by atoms with Crippen molar-refractivity contribution >= 4 is 17.7 Å². The molecule has 1 heterocycles. The van der Waals surface area contributed by atoms with E-state index >= 15 is 0 Å². The van der Waals surface area contributed by atoms with E-state index in [0.29, 0.717) is 6.04 Å². The Morgan fingerprint density at radius 3 is 2.94 bits per heavy atom. The van der Waals surface area contributed by atoms with Crippen LogP contribution < -0.4 is 10.6 Å². The maximum absolute atomic E-state index is 12.0. The summed E-state index contributed by atoms with van der Waals surface area (Å²) in [4.78, 5) is 12.0. The van der Waals surface area contributed by atoms with Crippen LogP contribution in [0.4, 0.5) is 0 Å². The molecule has 0 aromatic carbocycles. The number of hydrogen-bond donors (Lipinski definition) is 2. The van der Waals surface area contributed by atoms with Gasteiger partial charge in [-0.05, 0) is 44.4 Å². The lowest BCUT2D eigenvalue weighted by Gasteiger charge is -2.30. The molecule has 0 spiro atoms. The van der Waals surface area contributed by atoms with Crippen LogP contribution in [0.2, 0.25) is 0 Å². The van der Waals surface area contributed by atoms with Crippen molar-refractivity contribution < 1.29 is 4.79 Å². The van der Waals surface area contributed by atoms with Gasteiger partial charge in [0.15, 0.2) is 0 Å². The Morgan fingerprint density at radius 1 is 1.35 bits per heavy atom. The first-order valence-corrected chi connectivity index (χ1v) is 8.00. The highest BCUT2D eigenvalue weighted by Gasteiger charge is 2.27. The van der Waals surface area contributed by atoms with Crippen LogP contribution in [-0.2, 0) is 4.79 Å². The molecule has 2 rings (SSSR count). The molecule has 1 saturated heterocycles. The highest BCUT2D eigenvalue weighted by atomic mass is 32.2. The van der Waals surface area contributed by atoms with E-state index < -0.39 is 0 Å². The van der Waals surface area contributed by atoms with Crippen molar-refractivity contribution in [1.29, 1.82) is 0 Å².